The highest BCUT2D eigenvalue weighted by molar-refractivity contribution is 6.12. The molecule has 2 aliphatic rings. The molecule has 2 heterocycles. The predicted molar refractivity (Wildman–Crippen MR) is 54.8 cm³/mol. The molecule has 0 aliphatic carbocycles. The molecule has 0 radical (unpaired) electrons. The number of hydrogen-bond donors (Lipinski definition) is 0. The van der Waals surface area contributed by atoms with E-state index in [2.05, 4.69) is 4.99 Å². The van der Waals surface area contributed by atoms with E-state index < -0.39 is 0 Å². The molecule has 3 rings (SSSR count). The number of carbonyl (C=O) groups is 1. The second kappa shape index (κ2) is 2.54. The van der Waals surface area contributed by atoms with Crippen molar-refractivity contribution < 1.29 is 4.79 Å². The quantitative estimate of drug-likeness (QED) is 0.607. The lowest BCUT2D eigenvalue weighted by Crippen LogP contribution is -2.26. The number of allylic oxidation sites excluding steroid dienone is 1. The largest absolute Gasteiger partial charge is 0.277 e. The Morgan fingerprint density at radius 2 is 2.14 bits per heavy atom. The van der Waals surface area contributed by atoms with Crippen molar-refractivity contribution in [2.75, 3.05) is 4.90 Å². The minimum Gasteiger partial charge on any atom is -0.277 e. The van der Waals surface area contributed by atoms with Crippen LogP contribution in [0, 0.1) is 0 Å². The highest BCUT2D eigenvalue weighted by Crippen LogP contribution is 2.36. The van der Waals surface area contributed by atoms with E-state index in [1.54, 1.807) is 11.1 Å². The fraction of sp³-hybridized carbons (Fsp3) is 0.0909. The molecule has 1 amide bonds. The summed E-state index contributed by atoms with van der Waals surface area (Å²) in [5.41, 5.74) is 2.65. The topological polar surface area (TPSA) is 32.7 Å². The number of rotatable bonds is 0. The average Bonchev–Trinajstić information content (AvgIpc) is 2.61. The Bertz CT molecular complexity index is 474. The van der Waals surface area contributed by atoms with E-state index in [1.807, 2.05) is 30.3 Å². The Morgan fingerprint density at radius 3 is 3.07 bits per heavy atom. The van der Waals surface area contributed by atoms with Gasteiger partial charge in [-0.3, -0.25) is 14.7 Å². The summed E-state index contributed by atoms with van der Waals surface area (Å²) in [6, 6.07) is 7.67. The summed E-state index contributed by atoms with van der Waals surface area (Å²) in [6.45, 7) is 0. The number of nitrogens with zero attached hydrogens (tertiary/aromatic N) is 2. The van der Waals surface area contributed by atoms with Gasteiger partial charge in [0.25, 0.3) is 0 Å². The zero-order valence-electron chi connectivity index (χ0n) is 7.47. The normalized spacial score (nSPS) is 17.9. The number of amides is 1. The number of anilines is 1. The first kappa shape index (κ1) is 7.50. The van der Waals surface area contributed by atoms with Gasteiger partial charge >= 0.3 is 0 Å². The molecule has 1 aromatic rings. The number of para-hydroxylation sites is 2. The van der Waals surface area contributed by atoms with E-state index in [0.29, 0.717) is 6.42 Å². The van der Waals surface area contributed by atoms with Gasteiger partial charge in [0.2, 0.25) is 5.91 Å². The van der Waals surface area contributed by atoms with Crippen LogP contribution in [-0.2, 0) is 4.79 Å². The molecule has 0 spiro atoms. The van der Waals surface area contributed by atoms with Crippen LogP contribution in [0.2, 0.25) is 0 Å². The van der Waals surface area contributed by atoms with Crippen LogP contribution in [0.4, 0.5) is 11.4 Å². The Hall–Kier alpha value is -1.90. The van der Waals surface area contributed by atoms with Gasteiger partial charge in [0.05, 0.1) is 23.3 Å². The molecule has 3 nitrogen and oxygen atoms in total. The van der Waals surface area contributed by atoms with Gasteiger partial charge < -0.3 is 0 Å². The number of benzene rings is 1. The van der Waals surface area contributed by atoms with Crippen molar-refractivity contribution in [3.8, 4) is 0 Å². The van der Waals surface area contributed by atoms with E-state index in [4.69, 9.17) is 0 Å². The molecule has 0 fully saturated rings. The van der Waals surface area contributed by atoms with Crippen molar-refractivity contribution in [3.63, 3.8) is 0 Å². The van der Waals surface area contributed by atoms with Crippen LogP contribution in [-0.4, -0.2) is 12.1 Å². The van der Waals surface area contributed by atoms with Gasteiger partial charge in [-0.15, -0.1) is 0 Å². The maximum absolute atomic E-state index is 11.6. The zero-order chi connectivity index (χ0) is 9.54. The van der Waals surface area contributed by atoms with Crippen LogP contribution in [0.5, 0.6) is 0 Å². The SMILES string of the molecule is O=C1CC=C2C=Nc3ccccc3N12. The molecule has 14 heavy (non-hydrogen) atoms. The van der Waals surface area contributed by atoms with E-state index in [9.17, 15) is 4.79 Å². The van der Waals surface area contributed by atoms with Gasteiger partial charge in [-0.2, -0.15) is 0 Å². The smallest absolute Gasteiger partial charge is 0.235 e. The molecule has 0 saturated heterocycles. The molecule has 1 aromatic carbocycles. The van der Waals surface area contributed by atoms with Crippen LogP contribution in [0.15, 0.2) is 41.0 Å². The van der Waals surface area contributed by atoms with Crippen LogP contribution in [0.25, 0.3) is 0 Å². The predicted octanol–water partition coefficient (Wildman–Crippen LogP) is 2.02. The minimum atomic E-state index is 0.124. The average molecular weight is 184 g/mol. The van der Waals surface area contributed by atoms with Crippen molar-refractivity contribution in [3.05, 3.63) is 36.0 Å². The van der Waals surface area contributed by atoms with Gasteiger partial charge in [-0.25, -0.2) is 0 Å². The van der Waals surface area contributed by atoms with Crippen molar-refractivity contribution in [2.45, 2.75) is 6.42 Å². The van der Waals surface area contributed by atoms with Gasteiger partial charge in [0, 0.05) is 6.42 Å². The fourth-order valence-electron chi connectivity index (χ4n) is 1.80. The van der Waals surface area contributed by atoms with Crippen molar-refractivity contribution in [2.24, 2.45) is 4.99 Å². The Labute approximate surface area is 81.4 Å². The summed E-state index contributed by atoms with van der Waals surface area (Å²) in [4.78, 5) is 17.6. The van der Waals surface area contributed by atoms with Crippen LogP contribution < -0.4 is 4.90 Å². The number of aliphatic imine (C=N–C) groups is 1. The molecule has 68 valence electrons. The van der Waals surface area contributed by atoms with Gasteiger partial charge in [-0.1, -0.05) is 12.1 Å². The summed E-state index contributed by atoms with van der Waals surface area (Å²) >= 11 is 0. The summed E-state index contributed by atoms with van der Waals surface area (Å²) in [5.74, 6) is 0.124. The summed E-state index contributed by atoms with van der Waals surface area (Å²) < 4.78 is 0. The molecule has 0 N–H and O–H groups in total. The summed E-state index contributed by atoms with van der Waals surface area (Å²) in [5, 5.41) is 0. The van der Waals surface area contributed by atoms with Crippen LogP contribution in [0.1, 0.15) is 6.42 Å². The summed E-state index contributed by atoms with van der Waals surface area (Å²) in [7, 11) is 0. The Morgan fingerprint density at radius 1 is 1.29 bits per heavy atom. The number of fused-ring (bicyclic) bond motifs is 3. The molecule has 0 atom stereocenters. The molecule has 0 aromatic heterocycles. The second-order valence-electron chi connectivity index (χ2n) is 3.31. The van der Waals surface area contributed by atoms with E-state index >= 15 is 0 Å². The third kappa shape index (κ3) is 0.865. The first-order valence-electron chi connectivity index (χ1n) is 4.52. The number of carbonyl (C=O) groups excluding carboxylic acids is 1. The first-order chi connectivity index (χ1) is 6.86. The van der Waals surface area contributed by atoms with Crippen molar-refractivity contribution in [1.29, 1.82) is 0 Å². The van der Waals surface area contributed by atoms with Crippen molar-refractivity contribution >= 4 is 23.5 Å². The molecule has 0 unspecified atom stereocenters. The van der Waals surface area contributed by atoms with E-state index in [1.165, 1.54) is 0 Å². The van der Waals surface area contributed by atoms with Gasteiger partial charge in [0.15, 0.2) is 0 Å². The van der Waals surface area contributed by atoms with Crippen LogP contribution >= 0.6 is 0 Å². The zero-order valence-corrected chi connectivity index (χ0v) is 7.47. The van der Waals surface area contributed by atoms with Gasteiger partial charge in [-0.05, 0) is 18.2 Å². The maximum Gasteiger partial charge on any atom is 0.235 e. The molecule has 2 aliphatic heterocycles. The fourth-order valence-corrected chi connectivity index (χ4v) is 1.80. The minimum absolute atomic E-state index is 0.124. The van der Waals surface area contributed by atoms with Crippen LogP contribution in [0.3, 0.4) is 0 Å². The van der Waals surface area contributed by atoms with E-state index in [-0.39, 0.29) is 5.91 Å². The molecule has 3 heteroatoms. The second-order valence-corrected chi connectivity index (χ2v) is 3.31. The standard InChI is InChI=1S/C11H8N2O/c14-11-6-5-8-7-12-9-3-1-2-4-10(9)13(8)11/h1-5,7H,6H2. The molecule has 0 bridgehead atoms. The third-order valence-corrected chi connectivity index (χ3v) is 2.45. The number of hydrogen-bond acceptors (Lipinski definition) is 2. The monoisotopic (exact) mass is 184 g/mol. The lowest BCUT2D eigenvalue weighted by Gasteiger charge is -2.23. The van der Waals surface area contributed by atoms with E-state index in [0.717, 1.165) is 17.1 Å². The molecular weight excluding hydrogens is 176 g/mol. The Kier molecular flexibility index (Phi) is 1.36. The highest BCUT2D eigenvalue weighted by Gasteiger charge is 2.27. The molecule has 0 saturated carbocycles. The Balaban J connectivity index is 2.23. The third-order valence-electron chi connectivity index (χ3n) is 2.45. The van der Waals surface area contributed by atoms with Gasteiger partial charge in [0.1, 0.15) is 0 Å². The maximum atomic E-state index is 11.6. The molecular formula is C11H8N2O. The lowest BCUT2D eigenvalue weighted by atomic mass is 10.2. The lowest BCUT2D eigenvalue weighted by molar-refractivity contribution is -0.116. The van der Waals surface area contributed by atoms with Crippen molar-refractivity contribution in [1.82, 2.24) is 0 Å². The first-order valence-corrected chi connectivity index (χ1v) is 4.52. The summed E-state index contributed by atoms with van der Waals surface area (Å²) in [6.07, 6.45) is 4.13. The highest BCUT2D eigenvalue weighted by atomic mass is 16.2.